The number of aryl methyl sites for hydroxylation is 2. The summed E-state index contributed by atoms with van der Waals surface area (Å²) in [5, 5.41) is 7.04. The highest BCUT2D eigenvalue weighted by molar-refractivity contribution is 6.01. The van der Waals surface area contributed by atoms with Gasteiger partial charge in [0, 0.05) is 23.9 Å². The molecule has 1 aromatic carbocycles. The van der Waals surface area contributed by atoms with Crippen LogP contribution in [-0.2, 0) is 4.79 Å². The van der Waals surface area contributed by atoms with Crippen molar-refractivity contribution in [2.75, 3.05) is 26.6 Å². The fourth-order valence-corrected chi connectivity index (χ4v) is 2.95. The van der Waals surface area contributed by atoms with Crippen LogP contribution < -0.4 is 25.1 Å². The first-order valence-electron chi connectivity index (χ1n) is 9.28. The first-order chi connectivity index (χ1) is 14.8. The lowest BCUT2D eigenvalue weighted by molar-refractivity contribution is -0.111. The summed E-state index contributed by atoms with van der Waals surface area (Å²) in [6.45, 7) is 3.47. The molecule has 31 heavy (non-hydrogen) atoms. The number of aromatic nitrogens is 4. The second kappa shape index (κ2) is 9.16. The minimum absolute atomic E-state index is 0.210. The molecular weight excluding hydrogens is 402 g/mol. The number of carbonyl (C=O) groups is 1. The van der Waals surface area contributed by atoms with Crippen LogP contribution in [0, 0.1) is 13.8 Å². The summed E-state index contributed by atoms with van der Waals surface area (Å²) in [6, 6.07) is 6.49. The summed E-state index contributed by atoms with van der Waals surface area (Å²) in [6.07, 6.45) is 2.97. The second-order valence-corrected chi connectivity index (χ2v) is 6.57. The van der Waals surface area contributed by atoms with Gasteiger partial charge in [-0.1, -0.05) is 0 Å². The number of hydrogen-bond donors (Lipinski definition) is 2. The first-order valence-corrected chi connectivity index (χ1v) is 9.28. The molecule has 10 heteroatoms. The van der Waals surface area contributed by atoms with E-state index in [9.17, 15) is 9.59 Å². The molecule has 0 aliphatic rings. The number of H-pyrrole nitrogens is 1. The van der Waals surface area contributed by atoms with Gasteiger partial charge in [0.25, 0.3) is 5.56 Å². The molecule has 10 nitrogen and oxygen atoms in total. The van der Waals surface area contributed by atoms with Crippen molar-refractivity contribution in [3.63, 3.8) is 0 Å². The Morgan fingerprint density at radius 1 is 1.03 bits per heavy atom. The average molecular weight is 425 g/mol. The predicted octanol–water partition coefficient (Wildman–Crippen LogP) is 2.25. The number of benzene rings is 1. The minimum Gasteiger partial charge on any atom is -0.493 e. The van der Waals surface area contributed by atoms with Gasteiger partial charge in [-0.3, -0.25) is 14.6 Å². The molecule has 0 unspecified atom stereocenters. The van der Waals surface area contributed by atoms with Crippen molar-refractivity contribution in [1.82, 2.24) is 19.7 Å². The van der Waals surface area contributed by atoms with Crippen molar-refractivity contribution >= 4 is 17.8 Å². The normalized spacial score (nSPS) is 10.9. The van der Waals surface area contributed by atoms with Crippen LogP contribution in [0.5, 0.6) is 17.2 Å². The van der Waals surface area contributed by atoms with E-state index in [2.05, 4.69) is 20.4 Å². The van der Waals surface area contributed by atoms with Crippen LogP contribution in [0.15, 0.2) is 35.1 Å². The summed E-state index contributed by atoms with van der Waals surface area (Å²) in [5.41, 5.74) is 1.55. The molecule has 0 spiro atoms. The summed E-state index contributed by atoms with van der Waals surface area (Å²) < 4.78 is 17.3. The Kier molecular flexibility index (Phi) is 6.39. The highest BCUT2D eigenvalue weighted by atomic mass is 16.5. The lowest BCUT2D eigenvalue weighted by Gasteiger charge is -2.12. The molecule has 0 radical (unpaired) electrons. The molecule has 0 fully saturated rings. The van der Waals surface area contributed by atoms with Gasteiger partial charge in [0.2, 0.25) is 17.6 Å². The zero-order valence-corrected chi connectivity index (χ0v) is 17.8. The molecular formula is C21H23N5O5. The van der Waals surface area contributed by atoms with Crippen molar-refractivity contribution in [1.29, 1.82) is 0 Å². The maximum atomic E-state index is 12.5. The molecule has 0 bridgehead atoms. The molecule has 2 aromatic heterocycles. The van der Waals surface area contributed by atoms with E-state index in [0.29, 0.717) is 40.0 Å². The standard InChI is InChI=1S/C21H23N5O5/c1-12-9-19(28)24-21(22-12)26-17(8-13(2)25-26)23-18(27)7-6-14-10-15(29-3)20(31-5)16(11-14)30-4/h6-11H,1-5H3,(H,23,27)(H,22,24,28)/b7-6+. The second-order valence-electron chi connectivity index (χ2n) is 6.57. The summed E-state index contributed by atoms with van der Waals surface area (Å²) >= 11 is 0. The number of amides is 1. The van der Waals surface area contributed by atoms with E-state index in [4.69, 9.17) is 14.2 Å². The van der Waals surface area contributed by atoms with Crippen molar-refractivity contribution in [2.24, 2.45) is 0 Å². The van der Waals surface area contributed by atoms with Gasteiger partial charge < -0.3 is 19.5 Å². The van der Waals surface area contributed by atoms with Gasteiger partial charge >= 0.3 is 0 Å². The van der Waals surface area contributed by atoms with Gasteiger partial charge in [-0.2, -0.15) is 9.78 Å². The van der Waals surface area contributed by atoms with Crippen LogP contribution in [0.1, 0.15) is 17.0 Å². The number of ether oxygens (including phenoxy) is 3. The third-order valence-corrected chi connectivity index (χ3v) is 4.25. The number of nitrogens with zero attached hydrogens (tertiary/aromatic N) is 3. The zero-order valence-electron chi connectivity index (χ0n) is 17.8. The maximum Gasteiger partial charge on any atom is 0.252 e. The van der Waals surface area contributed by atoms with Gasteiger partial charge in [-0.25, -0.2) is 4.98 Å². The lowest BCUT2D eigenvalue weighted by atomic mass is 10.1. The van der Waals surface area contributed by atoms with Crippen LogP contribution in [-0.4, -0.2) is 47.0 Å². The van der Waals surface area contributed by atoms with Crippen molar-refractivity contribution < 1.29 is 19.0 Å². The third kappa shape index (κ3) is 4.92. The zero-order chi connectivity index (χ0) is 22.5. The van der Waals surface area contributed by atoms with E-state index in [1.165, 1.54) is 38.2 Å². The van der Waals surface area contributed by atoms with Crippen LogP contribution >= 0.6 is 0 Å². The largest absolute Gasteiger partial charge is 0.493 e. The quantitative estimate of drug-likeness (QED) is 0.557. The number of nitrogens with one attached hydrogen (secondary N) is 2. The Morgan fingerprint density at radius 3 is 2.29 bits per heavy atom. The number of rotatable bonds is 7. The lowest BCUT2D eigenvalue weighted by Crippen LogP contribution is -2.17. The number of methoxy groups -OCH3 is 3. The van der Waals surface area contributed by atoms with Crippen LogP contribution in [0.3, 0.4) is 0 Å². The fraction of sp³-hybridized carbons (Fsp3) is 0.238. The van der Waals surface area contributed by atoms with E-state index in [0.717, 1.165) is 0 Å². The molecule has 1 amide bonds. The molecule has 0 saturated heterocycles. The Labute approximate surface area is 178 Å². The fourth-order valence-electron chi connectivity index (χ4n) is 2.95. The number of anilines is 1. The molecule has 162 valence electrons. The highest BCUT2D eigenvalue weighted by Gasteiger charge is 2.14. The van der Waals surface area contributed by atoms with Crippen molar-refractivity contribution in [3.8, 4) is 23.2 Å². The Hall–Kier alpha value is -4.08. The van der Waals surface area contributed by atoms with Crippen LogP contribution in [0.25, 0.3) is 12.0 Å². The number of aromatic amines is 1. The molecule has 0 aliphatic heterocycles. The van der Waals surface area contributed by atoms with Gasteiger partial charge in [-0.15, -0.1) is 0 Å². The number of carbonyl (C=O) groups excluding carboxylic acids is 1. The summed E-state index contributed by atoms with van der Waals surface area (Å²) in [7, 11) is 4.56. The minimum atomic E-state index is -0.398. The Balaban J connectivity index is 1.85. The van der Waals surface area contributed by atoms with E-state index in [1.54, 1.807) is 38.1 Å². The van der Waals surface area contributed by atoms with Gasteiger partial charge in [-0.05, 0) is 37.6 Å². The molecule has 3 aromatic rings. The summed E-state index contributed by atoms with van der Waals surface area (Å²) in [4.78, 5) is 31.2. The Morgan fingerprint density at radius 2 is 1.71 bits per heavy atom. The van der Waals surface area contributed by atoms with Gasteiger partial charge in [0.05, 0.1) is 27.0 Å². The molecule has 0 atom stereocenters. The van der Waals surface area contributed by atoms with Crippen molar-refractivity contribution in [3.05, 3.63) is 57.6 Å². The van der Waals surface area contributed by atoms with E-state index < -0.39 is 5.91 Å². The average Bonchev–Trinajstić information content (AvgIpc) is 3.10. The van der Waals surface area contributed by atoms with Gasteiger partial charge in [0.15, 0.2) is 11.5 Å². The van der Waals surface area contributed by atoms with Crippen LogP contribution in [0.4, 0.5) is 5.82 Å². The predicted molar refractivity (Wildman–Crippen MR) is 115 cm³/mol. The van der Waals surface area contributed by atoms with E-state index in [-0.39, 0.29) is 11.5 Å². The van der Waals surface area contributed by atoms with Gasteiger partial charge in [0.1, 0.15) is 5.82 Å². The van der Waals surface area contributed by atoms with E-state index >= 15 is 0 Å². The monoisotopic (exact) mass is 425 g/mol. The topological polar surface area (TPSA) is 120 Å². The first kappa shape index (κ1) is 21.6. The molecule has 0 aliphatic carbocycles. The molecule has 3 rings (SSSR count). The van der Waals surface area contributed by atoms with E-state index in [1.807, 2.05) is 0 Å². The smallest absolute Gasteiger partial charge is 0.252 e. The maximum absolute atomic E-state index is 12.5. The number of hydrogen-bond acceptors (Lipinski definition) is 7. The molecule has 2 heterocycles. The SMILES string of the molecule is COc1cc(/C=C/C(=O)Nc2cc(C)nn2-c2nc(C)cc(=O)[nH]2)cc(OC)c1OC. The third-order valence-electron chi connectivity index (χ3n) is 4.25. The summed E-state index contributed by atoms with van der Waals surface area (Å²) in [5.74, 6) is 1.60. The molecule has 0 saturated carbocycles. The molecule has 2 N–H and O–H groups in total. The Bertz CT molecular complexity index is 1170. The highest BCUT2D eigenvalue weighted by Crippen LogP contribution is 2.38. The van der Waals surface area contributed by atoms with Crippen LogP contribution in [0.2, 0.25) is 0 Å². The van der Waals surface area contributed by atoms with Crippen molar-refractivity contribution in [2.45, 2.75) is 13.8 Å².